The van der Waals surface area contributed by atoms with Crippen LogP contribution in [0.4, 0.5) is 64.1 Å². The summed E-state index contributed by atoms with van der Waals surface area (Å²) in [4.78, 5) is 10.0. The van der Waals surface area contributed by atoms with Gasteiger partial charge in [-0.1, -0.05) is 84.9 Å². The van der Waals surface area contributed by atoms with E-state index < -0.39 is 47.0 Å². The first-order valence-corrected chi connectivity index (χ1v) is 19.6. The minimum absolute atomic E-state index is 0.203. The first-order valence-electron chi connectivity index (χ1n) is 17.7. The van der Waals surface area contributed by atoms with Crippen LogP contribution < -0.4 is 0 Å². The van der Waals surface area contributed by atoms with Crippen molar-refractivity contribution in [3.63, 3.8) is 0 Å². The molecule has 0 bridgehead atoms. The van der Waals surface area contributed by atoms with Gasteiger partial charge in [0, 0.05) is 33.8 Å². The Morgan fingerprint density at radius 1 is 0.317 bits per heavy atom. The maximum Gasteiger partial charge on any atom is 0.416 e. The van der Waals surface area contributed by atoms with E-state index in [0.29, 0.717) is 66.1 Å². The van der Waals surface area contributed by atoms with Crippen molar-refractivity contribution < 1.29 is 52.7 Å². The van der Waals surface area contributed by atoms with E-state index in [1.165, 1.54) is 72.1 Å². The molecule has 1 heterocycles. The van der Waals surface area contributed by atoms with Crippen LogP contribution in [-0.2, 0) is 24.7 Å². The lowest BCUT2D eigenvalue weighted by Gasteiger charge is -2.20. The standard InChI is InChI=1S/C44H26F12N2S2/c45-41(46,47)29-15-7-25(8-16-29)33-3-1-4-34(26-9-17-30(18-10-26)42(48,49)50)37(33)57-39-40(60-24-23-59-39)58-38-35(27-11-19-31(20-12-27)43(51,52)53)5-2-6-36(38)28-13-21-32(22-14-28)44(54,55)56/h1-22H,23-24H2. The summed E-state index contributed by atoms with van der Waals surface area (Å²) >= 11 is 2.54. The Hall–Kier alpha value is -5.48. The minimum atomic E-state index is -4.62. The molecule has 1 aliphatic heterocycles. The van der Waals surface area contributed by atoms with E-state index in [2.05, 4.69) is 0 Å². The summed E-state index contributed by atoms with van der Waals surface area (Å²) in [5.41, 5.74) is -0.531. The first-order chi connectivity index (χ1) is 28.3. The lowest BCUT2D eigenvalue weighted by molar-refractivity contribution is -0.138. The molecule has 0 amide bonds. The van der Waals surface area contributed by atoms with Gasteiger partial charge in [0.05, 0.1) is 33.6 Å². The van der Waals surface area contributed by atoms with Crippen LogP contribution >= 0.6 is 23.5 Å². The fourth-order valence-electron chi connectivity index (χ4n) is 6.38. The molecule has 0 aliphatic carbocycles. The molecule has 0 saturated carbocycles. The second-order valence-electron chi connectivity index (χ2n) is 13.2. The van der Waals surface area contributed by atoms with Crippen molar-refractivity contribution in [3.8, 4) is 44.5 Å². The molecular weight excluding hydrogens is 849 g/mol. The van der Waals surface area contributed by atoms with Crippen molar-refractivity contribution in [2.75, 3.05) is 11.5 Å². The fraction of sp³-hybridized carbons (Fsp3) is 0.136. The molecule has 1 saturated heterocycles. The van der Waals surface area contributed by atoms with E-state index >= 15 is 0 Å². The molecule has 308 valence electrons. The zero-order valence-corrected chi connectivity index (χ0v) is 32.0. The van der Waals surface area contributed by atoms with Crippen LogP contribution in [0.2, 0.25) is 0 Å². The molecule has 0 unspecified atom stereocenters. The predicted octanol–water partition coefficient (Wildman–Crippen LogP) is 15.7. The van der Waals surface area contributed by atoms with Crippen LogP contribution in [0.15, 0.2) is 143 Å². The van der Waals surface area contributed by atoms with Crippen molar-refractivity contribution in [2.45, 2.75) is 24.7 Å². The summed E-state index contributed by atoms with van der Waals surface area (Å²) in [7, 11) is 0. The van der Waals surface area contributed by atoms with Crippen molar-refractivity contribution >= 4 is 45.0 Å². The van der Waals surface area contributed by atoms with Crippen LogP contribution in [0.3, 0.4) is 0 Å². The summed E-state index contributed by atoms with van der Waals surface area (Å²) in [6.45, 7) is 0. The molecule has 1 fully saturated rings. The van der Waals surface area contributed by atoms with Gasteiger partial charge in [0.15, 0.2) is 0 Å². The minimum Gasteiger partial charge on any atom is -0.238 e. The average molecular weight is 875 g/mol. The zero-order valence-electron chi connectivity index (χ0n) is 30.4. The number of rotatable bonds is 6. The Labute approximate surface area is 343 Å². The Balaban J connectivity index is 1.43. The number of thioether (sulfide) groups is 2. The fourth-order valence-corrected chi connectivity index (χ4v) is 8.44. The molecule has 1 aliphatic rings. The number of para-hydroxylation sites is 2. The molecule has 0 radical (unpaired) electrons. The number of halogens is 12. The van der Waals surface area contributed by atoms with Gasteiger partial charge in [-0.2, -0.15) is 52.7 Å². The number of benzene rings is 6. The molecule has 16 heteroatoms. The van der Waals surface area contributed by atoms with Gasteiger partial charge in [-0.05, 0) is 70.8 Å². The van der Waals surface area contributed by atoms with Crippen LogP contribution in [0.5, 0.6) is 0 Å². The predicted molar refractivity (Wildman–Crippen MR) is 214 cm³/mol. The third kappa shape index (κ3) is 9.44. The number of alkyl halides is 12. The van der Waals surface area contributed by atoms with E-state index in [4.69, 9.17) is 9.98 Å². The summed E-state index contributed by atoms with van der Waals surface area (Å²) in [5, 5.41) is 0.610. The quantitative estimate of drug-likeness (QED) is 0.156. The highest BCUT2D eigenvalue weighted by molar-refractivity contribution is 8.27. The first kappa shape index (κ1) is 42.6. The number of hydrogen-bond donors (Lipinski definition) is 0. The Bertz CT molecular complexity index is 2220. The highest BCUT2D eigenvalue weighted by atomic mass is 32.2. The number of hydrogen-bond acceptors (Lipinski definition) is 4. The van der Waals surface area contributed by atoms with Gasteiger partial charge in [0.1, 0.15) is 10.1 Å². The highest BCUT2D eigenvalue weighted by Crippen LogP contribution is 2.45. The monoisotopic (exact) mass is 874 g/mol. The van der Waals surface area contributed by atoms with Gasteiger partial charge in [-0.3, -0.25) is 0 Å². The lowest BCUT2D eigenvalue weighted by Crippen LogP contribution is -2.14. The van der Waals surface area contributed by atoms with Crippen molar-refractivity contribution in [2.24, 2.45) is 9.98 Å². The van der Waals surface area contributed by atoms with Gasteiger partial charge >= 0.3 is 24.7 Å². The van der Waals surface area contributed by atoms with Gasteiger partial charge in [-0.15, -0.1) is 23.5 Å². The van der Waals surface area contributed by atoms with E-state index in [0.717, 1.165) is 48.5 Å². The van der Waals surface area contributed by atoms with Gasteiger partial charge in [-0.25, -0.2) is 9.98 Å². The summed E-state index contributed by atoms with van der Waals surface area (Å²) in [6, 6.07) is 26.9. The molecule has 7 rings (SSSR count). The van der Waals surface area contributed by atoms with E-state index in [9.17, 15) is 52.7 Å². The van der Waals surface area contributed by atoms with Crippen LogP contribution in [0, 0.1) is 0 Å². The van der Waals surface area contributed by atoms with E-state index in [1.54, 1.807) is 36.4 Å². The molecule has 0 spiro atoms. The SMILES string of the molecule is FC(F)(F)c1ccc(-c2cccc(-c3ccc(C(F)(F)F)cc3)c2N=C2SCCSC2=Nc2c(-c3ccc(C(F)(F)F)cc3)cccc2-c2ccc(C(F)(F)F)cc2)cc1. The smallest absolute Gasteiger partial charge is 0.238 e. The molecule has 6 aromatic rings. The molecule has 0 aromatic heterocycles. The number of nitrogens with zero attached hydrogens (tertiary/aromatic N) is 2. The maximum absolute atomic E-state index is 13.5. The Kier molecular flexibility index (Phi) is 11.7. The Morgan fingerprint density at radius 3 is 0.733 bits per heavy atom. The topological polar surface area (TPSA) is 24.7 Å². The molecule has 0 N–H and O–H groups in total. The molecule has 60 heavy (non-hydrogen) atoms. The van der Waals surface area contributed by atoms with Crippen molar-refractivity contribution in [3.05, 3.63) is 156 Å². The van der Waals surface area contributed by atoms with Gasteiger partial charge < -0.3 is 0 Å². The van der Waals surface area contributed by atoms with E-state index in [1.807, 2.05) is 0 Å². The molecule has 6 aromatic carbocycles. The summed E-state index contributed by atoms with van der Waals surface area (Å²) < 4.78 is 162. The van der Waals surface area contributed by atoms with Crippen molar-refractivity contribution in [1.82, 2.24) is 0 Å². The summed E-state index contributed by atoms with van der Waals surface area (Å²) in [6.07, 6.45) is -18.5. The normalized spacial score (nSPS) is 15.5. The third-order valence-electron chi connectivity index (χ3n) is 9.34. The van der Waals surface area contributed by atoms with E-state index in [-0.39, 0.29) is 11.4 Å². The van der Waals surface area contributed by atoms with Gasteiger partial charge in [0.25, 0.3) is 0 Å². The molecular formula is C44H26F12N2S2. The van der Waals surface area contributed by atoms with Crippen LogP contribution in [-0.4, -0.2) is 21.6 Å². The second kappa shape index (κ2) is 16.5. The lowest BCUT2D eigenvalue weighted by atomic mass is 9.95. The average Bonchev–Trinajstić information content (AvgIpc) is 3.20. The maximum atomic E-state index is 13.5. The largest absolute Gasteiger partial charge is 0.416 e. The zero-order chi connectivity index (χ0) is 43.0. The van der Waals surface area contributed by atoms with Crippen molar-refractivity contribution in [1.29, 1.82) is 0 Å². The summed E-state index contributed by atoms with van der Waals surface area (Å²) in [5.74, 6) is 1.01. The van der Waals surface area contributed by atoms with Crippen LogP contribution in [0.1, 0.15) is 22.3 Å². The molecule has 2 nitrogen and oxygen atoms in total. The van der Waals surface area contributed by atoms with Gasteiger partial charge in [0.2, 0.25) is 0 Å². The second-order valence-corrected chi connectivity index (χ2v) is 15.4. The van der Waals surface area contributed by atoms with Crippen LogP contribution in [0.25, 0.3) is 44.5 Å². The highest BCUT2D eigenvalue weighted by Gasteiger charge is 2.33. The third-order valence-corrected chi connectivity index (χ3v) is 11.7. The Morgan fingerprint density at radius 2 is 0.533 bits per heavy atom. The number of aliphatic imine (C=N–C) groups is 2. The molecule has 0 atom stereocenters.